The van der Waals surface area contributed by atoms with Crippen LogP contribution in [0.15, 0.2) is 48.5 Å². The molecule has 140 valence electrons. The Hall–Kier alpha value is -2.38. The normalized spacial score (nSPS) is 12.4. The van der Waals surface area contributed by atoms with Gasteiger partial charge in [0.1, 0.15) is 11.5 Å². The fraction of sp³-hybridized carbons (Fsp3) is 0.316. The summed E-state index contributed by atoms with van der Waals surface area (Å²) in [4.78, 5) is 13.0. The number of nitrogens with one attached hydrogen (secondary N) is 2. The molecule has 0 saturated carbocycles. The number of para-hydroxylation sites is 1. The summed E-state index contributed by atoms with van der Waals surface area (Å²) in [6.45, 7) is 4.39. The molecule has 6 nitrogen and oxygen atoms in total. The number of quaternary nitrogens is 1. The molecule has 0 aliphatic rings. The highest BCUT2D eigenvalue weighted by Gasteiger charge is 2.18. The first kappa shape index (κ1) is 19.9. The Morgan fingerprint density at radius 2 is 1.77 bits per heavy atom. The number of likely N-dealkylation sites (N-methyl/N-ethyl adjacent to an activating group) is 1. The van der Waals surface area contributed by atoms with E-state index in [-0.39, 0.29) is 30.5 Å². The Morgan fingerprint density at radius 3 is 2.46 bits per heavy atom. The van der Waals surface area contributed by atoms with E-state index in [0.717, 1.165) is 21.7 Å². The first-order chi connectivity index (χ1) is 12.3. The molecule has 2 aromatic carbocycles. The molecule has 1 unspecified atom stereocenters. The van der Waals surface area contributed by atoms with Gasteiger partial charge in [0.2, 0.25) is 0 Å². The Morgan fingerprint density at radius 1 is 1.08 bits per heavy atom. The maximum absolute atomic E-state index is 12.2. The lowest BCUT2D eigenvalue weighted by Crippen LogP contribution is -3.10. The average Bonchev–Trinajstić information content (AvgIpc) is 2.58. The van der Waals surface area contributed by atoms with Crippen molar-refractivity contribution in [2.24, 2.45) is 0 Å². The van der Waals surface area contributed by atoms with Gasteiger partial charge in [-0.1, -0.05) is 30.3 Å². The van der Waals surface area contributed by atoms with Gasteiger partial charge < -0.3 is 14.4 Å². The average molecular weight is 377 g/mol. The van der Waals surface area contributed by atoms with Crippen LogP contribution in [0.5, 0.6) is 5.75 Å². The topological polar surface area (TPSA) is 76.9 Å². The molecule has 2 aromatic rings. The fourth-order valence-electron chi connectivity index (χ4n) is 2.41. The number of aryl methyl sites for hydroxylation is 1. The van der Waals surface area contributed by atoms with Crippen molar-refractivity contribution >= 4 is 21.7 Å². The van der Waals surface area contributed by atoms with E-state index >= 15 is 0 Å². The Balaban J connectivity index is 1.83. The van der Waals surface area contributed by atoms with Crippen LogP contribution in [0.3, 0.4) is 0 Å². The minimum atomic E-state index is -3.69. The minimum Gasteiger partial charge on any atom is -0.382 e. The molecule has 2 rings (SSSR count). The van der Waals surface area contributed by atoms with Crippen LogP contribution in [-0.4, -0.2) is 40.2 Å². The van der Waals surface area contributed by atoms with E-state index in [4.69, 9.17) is 4.18 Å². The van der Waals surface area contributed by atoms with Gasteiger partial charge in [-0.05, 0) is 43.2 Å². The van der Waals surface area contributed by atoms with Crippen LogP contribution in [0.2, 0.25) is 0 Å². The molecule has 26 heavy (non-hydrogen) atoms. The molecular formula is C19H25N2O4S+. The van der Waals surface area contributed by atoms with Gasteiger partial charge in [-0.25, -0.2) is 0 Å². The third-order valence-corrected chi connectivity index (χ3v) is 5.24. The lowest BCUT2D eigenvalue weighted by atomic mass is 10.1. The molecular weight excluding hydrogens is 352 g/mol. The number of carbonyl (C=O) groups is 1. The monoisotopic (exact) mass is 377 g/mol. The summed E-state index contributed by atoms with van der Waals surface area (Å²) in [5.41, 5.74) is 2.91. The van der Waals surface area contributed by atoms with Crippen molar-refractivity contribution in [3.8, 4) is 5.75 Å². The molecule has 0 saturated heterocycles. The summed E-state index contributed by atoms with van der Waals surface area (Å²) in [6.07, 6.45) is 0. The zero-order chi connectivity index (χ0) is 19.2. The van der Waals surface area contributed by atoms with Crippen molar-refractivity contribution in [2.45, 2.75) is 13.8 Å². The summed E-state index contributed by atoms with van der Waals surface area (Å²) in [5, 5.41) is 2.88. The zero-order valence-corrected chi connectivity index (χ0v) is 16.1. The predicted octanol–water partition coefficient (Wildman–Crippen LogP) is 1.17. The molecule has 0 aromatic heterocycles. The van der Waals surface area contributed by atoms with Gasteiger partial charge in [0, 0.05) is 5.69 Å². The highest BCUT2D eigenvalue weighted by molar-refractivity contribution is 7.87. The number of hydrogen-bond acceptors (Lipinski definition) is 4. The Kier molecular flexibility index (Phi) is 6.76. The van der Waals surface area contributed by atoms with Gasteiger partial charge in [-0.3, -0.25) is 4.79 Å². The Labute approximate surface area is 154 Å². The van der Waals surface area contributed by atoms with Crippen molar-refractivity contribution in [1.82, 2.24) is 0 Å². The lowest BCUT2D eigenvalue weighted by molar-refractivity contribution is -0.868. The second-order valence-electron chi connectivity index (χ2n) is 6.34. The predicted molar refractivity (Wildman–Crippen MR) is 102 cm³/mol. The molecule has 0 aliphatic heterocycles. The van der Waals surface area contributed by atoms with Gasteiger partial charge in [0.15, 0.2) is 6.54 Å². The summed E-state index contributed by atoms with van der Waals surface area (Å²) in [5.74, 6) is -0.0276. The maximum atomic E-state index is 12.2. The van der Waals surface area contributed by atoms with E-state index in [1.165, 1.54) is 0 Å². The third kappa shape index (κ3) is 6.16. The number of amides is 1. The van der Waals surface area contributed by atoms with Gasteiger partial charge in [0.05, 0.1) is 13.6 Å². The van der Waals surface area contributed by atoms with E-state index in [1.54, 1.807) is 37.4 Å². The van der Waals surface area contributed by atoms with Gasteiger partial charge in [-0.2, -0.15) is 8.42 Å². The molecule has 2 N–H and O–H groups in total. The molecule has 0 heterocycles. The number of rotatable bonds is 8. The van der Waals surface area contributed by atoms with Crippen LogP contribution in [0.1, 0.15) is 11.1 Å². The van der Waals surface area contributed by atoms with E-state index in [9.17, 15) is 13.2 Å². The highest BCUT2D eigenvalue weighted by atomic mass is 32.2. The fourth-order valence-corrected chi connectivity index (χ4v) is 3.49. The standard InChI is InChI=1S/C19H24N2O4S/c1-15-8-7-11-18(16(15)2)20-19(22)14-21(3)12-13-26(23,24)25-17-9-5-4-6-10-17/h4-11H,12-14H2,1-3H3,(H,20,22)/p+1. The van der Waals surface area contributed by atoms with Gasteiger partial charge in [-0.15, -0.1) is 0 Å². The second-order valence-corrected chi connectivity index (χ2v) is 8.03. The van der Waals surface area contributed by atoms with E-state index in [1.807, 2.05) is 32.0 Å². The number of anilines is 1. The molecule has 0 fully saturated rings. The smallest absolute Gasteiger partial charge is 0.314 e. The van der Waals surface area contributed by atoms with Crippen molar-refractivity contribution in [3.05, 3.63) is 59.7 Å². The van der Waals surface area contributed by atoms with Gasteiger partial charge >= 0.3 is 10.1 Å². The van der Waals surface area contributed by atoms with Gasteiger partial charge in [0.25, 0.3) is 5.91 Å². The van der Waals surface area contributed by atoms with E-state index in [2.05, 4.69) is 5.32 Å². The van der Waals surface area contributed by atoms with Crippen molar-refractivity contribution in [1.29, 1.82) is 0 Å². The summed E-state index contributed by atoms with van der Waals surface area (Å²) in [6, 6.07) is 14.1. The van der Waals surface area contributed by atoms with Crippen molar-refractivity contribution in [3.63, 3.8) is 0 Å². The van der Waals surface area contributed by atoms with Crippen LogP contribution in [0.25, 0.3) is 0 Å². The highest BCUT2D eigenvalue weighted by Crippen LogP contribution is 2.17. The first-order valence-electron chi connectivity index (χ1n) is 8.41. The lowest BCUT2D eigenvalue weighted by Gasteiger charge is -2.15. The van der Waals surface area contributed by atoms with Crippen LogP contribution in [0.4, 0.5) is 5.69 Å². The number of hydrogen-bond donors (Lipinski definition) is 2. The molecule has 0 radical (unpaired) electrons. The summed E-state index contributed by atoms with van der Waals surface area (Å²) in [7, 11) is -1.91. The molecule has 0 bridgehead atoms. The molecule has 7 heteroatoms. The minimum absolute atomic E-state index is 0.155. The summed E-state index contributed by atoms with van der Waals surface area (Å²) >= 11 is 0. The van der Waals surface area contributed by atoms with E-state index < -0.39 is 10.1 Å². The largest absolute Gasteiger partial charge is 0.382 e. The molecule has 0 aliphatic carbocycles. The maximum Gasteiger partial charge on any atom is 0.314 e. The molecule has 0 spiro atoms. The molecule has 1 atom stereocenters. The van der Waals surface area contributed by atoms with Crippen LogP contribution in [-0.2, 0) is 14.9 Å². The molecule has 1 amide bonds. The SMILES string of the molecule is Cc1cccc(NC(=O)C[NH+](C)CCS(=O)(=O)Oc2ccccc2)c1C. The zero-order valence-electron chi connectivity index (χ0n) is 15.3. The third-order valence-electron chi connectivity index (χ3n) is 4.09. The van der Waals surface area contributed by atoms with E-state index in [0.29, 0.717) is 0 Å². The number of carbonyl (C=O) groups excluding carboxylic acids is 1. The summed E-state index contributed by atoms with van der Waals surface area (Å²) < 4.78 is 29.1. The van der Waals surface area contributed by atoms with Crippen LogP contribution in [0, 0.1) is 13.8 Å². The number of benzene rings is 2. The first-order valence-corrected chi connectivity index (χ1v) is 9.99. The second kappa shape index (κ2) is 8.82. The Bertz CT molecular complexity index is 851. The van der Waals surface area contributed by atoms with Crippen LogP contribution >= 0.6 is 0 Å². The van der Waals surface area contributed by atoms with Crippen molar-refractivity contribution in [2.75, 3.05) is 31.2 Å². The quantitative estimate of drug-likeness (QED) is 0.677. The van der Waals surface area contributed by atoms with Crippen molar-refractivity contribution < 1.29 is 22.3 Å². The van der Waals surface area contributed by atoms with Crippen LogP contribution < -0.4 is 14.4 Å².